The molecule has 0 bridgehead atoms. The van der Waals surface area contributed by atoms with Gasteiger partial charge in [0.25, 0.3) is 0 Å². The van der Waals surface area contributed by atoms with Gasteiger partial charge in [0.05, 0.1) is 16.5 Å². The van der Waals surface area contributed by atoms with Crippen LogP contribution >= 0.6 is 11.6 Å². The second-order valence-electron chi connectivity index (χ2n) is 4.42. The van der Waals surface area contributed by atoms with Crippen molar-refractivity contribution in [3.8, 4) is 11.5 Å². The van der Waals surface area contributed by atoms with E-state index in [1.807, 2.05) is 0 Å². The van der Waals surface area contributed by atoms with Gasteiger partial charge in [-0.2, -0.15) is 13.2 Å². The van der Waals surface area contributed by atoms with Gasteiger partial charge in [-0.1, -0.05) is 29.8 Å². The van der Waals surface area contributed by atoms with Crippen molar-refractivity contribution in [3.05, 3.63) is 62.7 Å². The van der Waals surface area contributed by atoms with Gasteiger partial charge < -0.3 is 14.6 Å². The molecule has 126 valence electrons. The van der Waals surface area contributed by atoms with Crippen molar-refractivity contribution >= 4 is 23.3 Å². The molecule has 0 atom stereocenters. The minimum Gasteiger partial charge on any atom is -0.545 e. The molecule has 0 unspecified atom stereocenters. The Kier molecular flexibility index (Phi) is 4.65. The molecule has 0 amide bonds. The number of nitro groups is 1. The maximum atomic E-state index is 13.1. The van der Waals surface area contributed by atoms with Crippen molar-refractivity contribution < 1.29 is 32.7 Å². The van der Waals surface area contributed by atoms with E-state index in [0.717, 1.165) is 0 Å². The molecule has 0 N–H and O–H groups in total. The number of para-hydroxylation sites is 1. The van der Waals surface area contributed by atoms with Crippen LogP contribution in [-0.4, -0.2) is 10.9 Å². The summed E-state index contributed by atoms with van der Waals surface area (Å²) in [6, 6.07) is 7.43. The molecule has 0 aromatic heterocycles. The van der Waals surface area contributed by atoms with Crippen LogP contribution in [0.1, 0.15) is 15.9 Å². The highest BCUT2D eigenvalue weighted by Gasteiger charge is 2.40. The maximum absolute atomic E-state index is 13.1. The number of nitrogens with zero attached hydrogens (tertiary/aromatic N) is 1. The molecule has 0 aliphatic rings. The quantitative estimate of drug-likeness (QED) is 0.615. The molecule has 0 saturated heterocycles. The molecule has 0 aliphatic heterocycles. The van der Waals surface area contributed by atoms with E-state index in [1.165, 1.54) is 24.3 Å². The topological polar surface area (TPSA) is 92.5 Å². The third kappa shape index (κ3) is 3.40. The van der Waals surface area contributed by atoms with Gasteiger partial charge in [-0.3, -0.25) is 10.1 Å². The fourth-order valence-electron chi connectivity index (χ4n) is 1.90. The van der Waals surface area contributed by atoms with Gasteiger partial charge in [0, 0.05) is 11.6 Å². The van der Waals surface area contributed by atoms with Crippen LogP contribution in [0, 0.1) is 10.1 Å². The van der Waals surface area contributed by atoms with Crippen LogP contribution in [-0.2, 0) is 6.18 Å². The van der Waals surface area contributed by atoms with Crippen LogP contribution in [0.4, 0.5) is 18.9 Å². The van der Waals surface area contributed by atoms with Crippen molar-refractivity contribution in [1.82, 2.24) is 0 Å². The number of alkyl halides is 3. The molecular weight excluding hydrogens is 355 g/mol. The molecule has 0 fully saturated rings. The number of ether oxygens (including phenoxy) is 1. The van der Waals surface area contributed by atoms with E-state index in [9.17, 15) is 33.2 Å². The molecule has 2 rings (SSSR count). The summed E-state index contributed by atoms with van der Waals surface area (Å²) >= 11 is 5.60. The van der Waals surface area contributed by atoms with Crippen molar-refractivity contribution in [2.24, 2.45) is 0 Å². The summed E-state index contributed by atoms with van der Waals surface area (Å²) in [7, 11) is 0. The molecule has 2 aromatic rings. The fourth-order valence-corrected chi connectivity index (χ4v) is 2.24. The Morgan fingerprint density at radius 3 is 2.25 bits per heavy atom. The largest absolute Gasteiger partial charge is 0.545 e. The molecule has 6 nitrogen and oxygen atoms in total. The first-order valence-corrected chi connectivity index (χ1v) is 6.53. The van der Waals surface area contributed by atoms with E-state index >= 15 is 0 Å². The highest BCUT2D eigenvalue weighted by atomic mass is 35.5. The Morgan fingerprint density at radius 1 is 1.21 bits per heavy atom. The molecule has 10 heteroatoms. The van der Waals surface area contributed by atoms with Crippen molar-refractivity contribution in [1.29, 1.82) is 0 Å². The van der Waals surface area contributed by atoms with Crippen molar-refractivity contribution in [3.63, 3.8) is 0 Å². The third-order valence-electron chi connectivity index (χ3n) is 2.87. The van der Waals surface area contributed by atoms with Crippen LogP contribution in [0.25, 0.3) is 0 Å². The summed E-state index contributed by atoms with van der Waals surface area (Å²) in [6.07, 6.45) is -5.18. The Labute approximate surface area is 137 Å². The number of carboxylic acid groups (broad SMARTS) is 1. The SMILES string of the molecule is O=C([O-])c1cc([N+](=O)[O-])c(Oc2ccccc2)c(Cl)c1C(F)(F)F. The lowest BCUT2D eigenvalue weighted by Gasteiger charge is -2.18. The molecular formula is C14H6ClF3NO5-. The summed E-state index contributed by atoms with van der Waals surface area (Å²) < 4.78 is 44.4. The first-order chi connectivity index (χ1) is 11.1. The van der Waals surface area contributed by atoms with E-state index in [1.54, 1.807) is 6.07 Å². The van der Waals surface area contributed by atoms with Crippen LogP contribution in [0.2, 0.25) is 5.02 Å². The molecule has 0 heterocycles. The highest BCUT2D eigenvalue weighted by Crippen LogP contribution is 2.47. The van der Waals surface area contributed by atoms with Gasteiger partial charge in [0.1, 0.15) is 10.8 Å². The first kappa shape index (κ1) is 17.5. The summed E-state index contributed by atoms with van der Waals surface area (Å²) in [6.45, 7) is 0. The predicted molar refractivity (Wildman–Crippen MR) is 74.0 cm³/mol. The molecule has 0 saturated carbocycles. The number of nitro benzene ring substituents is 1. The number of carbonyl (C=O) groups is 1. The number of halogens is 4. The monoisotopic (exact) mass is 360 g/mol. The smallest absolute Gasteiger partial charge is 0.418 e. The summed E-state index contributed by atoms with van der Waals surface area (Å²) in [5.41, 5.74) is -4.25. The minimum absolute atomic E-state index is 0.0168. The van der Waals surface area contributed by atoms with E-state index in [4.69, 9.17) is 16.3 Å². The molecule has 2 aromatic carbocycles. The zero-order valence-electron chi connectivity index (χ0n) is 11.5. The molecule has 0 aliphatic carbocycles. The molecule has 24 heavy (non-hydrogen) atoms. The van der Waals surface area contributed by atoms with Gasteiger partial charge in [-0.05, 0) is 12.1 Å². The summed E-state index contributed by atoms with van der Waals surface area (Å²) in [4.78, 5) is 20.9. The number of benzene rings is 2. The lowest BCUT2D eigenvalue weighted by molar-refractivity contribution is -0.385. The standard InChI is InChI=1S/C14H7ClF3NO5/c15-11-10(14(16,17)18)8(13(20)21)6-9(19(22)23)12(11)24-7-4-2-1-3-5-7/h1-6H,(H,20,21)/p-1. The second kappa shape index (κ2) is 6.36. The fraction of sp³-hybridized carbons (Fsp3) is 0.0714. The van der Waals surface area contributed by atoms with Gasteiger partial charge in [0.2, 0.25) is 5.75 Å². The van der Waals surface area contributed by atoms with Gasteiger partial charge in [-0.15, -0.1) is 0 Å². The zero-order chi connectivity index (χ0) is 18.1. The van der Waals surface area contributed by atoms with Crippen LogP contribution in [0.3, 0.4) is 0 Å². The normalized spacial score (nSPS) is 11.2. The van der Waals surface area contributed by atoms with E-state index < -0.39 is 44.7 Å². The lowest BCUT2D eigenvalue weighted by atomic mass is 10.0. The summed E-state index contributed by atoms with van der Waals surface area (Å²) in [5, 5.41) is 20.8. The first-order valence-electron chi connectivity index (χ1n) is 6.15. The Morgan fingerprint density at radius 2 is 1.79 bits per heavy atom. The van der Waals surface area contributed by atoms with E-state index in [2.05, 4.69) is 0 Å². The lowest BCUT2D eigenvalue weighted by Crippen LogP contribution is -2.26. The van der Waals surface area contributed by atoms with Crippen LogP contribution < -0.4 is 9.84 Å². The number of rotatable bonds is 4. The third-order valence-corrected chi connectivity index (χ3v) is 3.23. The second-order valence-corrected chi connectivity index (χ2v) is 4.80. The number of carbonyl (C=O) groups excluding carboxylic acids is 1. The van der Waals surface area contributed by atoms with E-state index in [-0.39, 0.29) is 11.8 Å². The van der Waals surface area contributed by atoms with Crippen molar-refractivity contribution in [2.75, 3.05) is 0 Å². The van der Waals surface area contributed by atoms with Crippen molar-refractivity contribution in [2.45, 2.75) is 6.18 Å². The zero-order valence-corrected chi connectivity index (χ0v) is 12.2. The minimum atomic E-state index is -5.18. The number of hydrogen-bond donors (Lipinski definition) is 0. The van der Waals surface area contributed by atoms with Crippen LogP contribution in [0.5, 0.6) is 11.5 Å². The Hall–Kier alpha value is -2.81. The van der Waals surface area contributed by atoms with E-state index in [0.29, 0.717) is 0 Å². The maximum Gasteiger partial charge on any atom is 0.418 e. The number of carboxylic acids is 1. The predicted octanol–water partition coefficient (Wildman–Crippen LogP) is 3.42. The molecule has 0 radical (unpaired) electrons. The van der Waals surface area contributed by atoms with Gasteiger partial charge >= 0.3 is 11.9 Å². The average Bonchev–Trinajstić information content (AvgIpc) is 2.48. The van der Waals surface area contributed by atoms with Gasteiger partial charge in [-0.25, -0.2) is 0 Å². The van der Waals surface area contributed by atoms with Crippen LogP contribution in [0.15, 0.2) is 36.4 Å². The van der Waals surface area contributed by atoms with Gasteiger partial charge in [0.15, 0.2) is 0 Å². The Bertz CT molecular complexity index is 808. The number of aromatic carboxylic acids is 1. The molecule has 0 spiro atoms. The average molecular weight is 361 g/mol. The number of hydrogen-bond acceptors (Lipinski definition) is 5. The highest BCUT2D eigenvalue weighted by molar-refractivity contribution is 6.34. The summed E-state index contributed by atoms with van der Waals surface area (Å²) in [5.74, 6) is -3.18. The Balaban J connectivity index is 2.77.